The van der Waals surface area contributed by atoms with Gasteiger partial charge in [0.25, 0.3) is 0 Å². The predicted octanol–water partition coefficient (Wildman–Crippen LogP) is 4.33. The van der Waals surface area contributed by atoms with Crippen molar-refractivity contribution in [2.75, 3.05) is 6.54 Å². The van der Waals surface area contributed by atoms with E-state index in [-0.39, 0.29) is 5.82 Å². The van der Waals surface area contributed by atoms with Crippen LogP contribution in [0.15, 0.2) is 18.2 Å². The van der Waals surface area contributed by atoms with E-state index in [1.54, 1.807) is 23.5 Å². The number of thiazole rings is 1. The number of nitrogens with one attached hydrogen (secondary N) is 1. The summed E-state index contributed by atoms with van der Waals surface area (Å²) in [7, 11) is 0. The minimum absolute atomic E-state index is 0.268. The summed E-state index contributed by atoms with van der Waals surface area (Å²) in [6.07, 6.45) is 1.56. The molecule has 0 bridgehead atoms. The molecule has 2 aromatic rings. The zero-order valence-electron chi connectivity index (χ0n) is 11.7. The molecule has 0 aliphatic heterocycles. The highest BCUT2D eigenvalue weighted by molar-refractivity contribution is 7.11. The van der Waals surface area contributed by atoms with E-state index in [2.05, 4.69) is 17.2 Å². The Morgan fingerprint density at radius 2 is 2.20 bits per heavy atom. The van der Waals surface area contributed by atoms with E-state index in [1.165, 1.54) is 10.9 Å². The summed E-state index contributed by atoms with van der Waals surface area (Å²) in [5.41, 5.74) is 1.54. The van der Waals surface area contributed by atoms with Crippen LogP contribution in [-0.4, -0.2) is 11.5 Å². The number of aryl methyl sites for hydroxylation is 1. The number of benzene rings is 1. The molecule has 1 aromatic heterocycles. The summed E-state index contributed by atoms with van der Waals surface area (Å²) < 4.78 is 13.8. The summed E-state index contributed by atoms with van der Waals surface area (Å²) in [5, 5.41) is 4.73. The number of nitrogens with zero attached hydrogens (tertiary/aromatic N) is 1. The van der Waals surface area contributed by atoms with Gasteiger partial charge < -0.3 is 5.32 Å². The lowest BCUT2D eigenvalue weighted by atomic mass is 10.1. The highest BCUT2D eigenvalue weighted by Crippen LogP contribution is 2.26. The monoisotopic (exact) mass is 312 g/mol. The zero-order valence-corrected chi connectivity index (χ0v) is 13.2. The van der Waals surface area contributed by atoms with Gasteiger partial charge >= 0.3 is 0 Å². The van der Waals surface area contributed by atoms with Crippen LogP contribution in [0.1, 0.15) is 34.5 Å². The fourth-order valence-electron chi connectivity index (χ4n) is 1.96. The second kappa shape index (κ2) is 7.16. The molecule has 0 spiro atoms. The largest absolute Gasteiger partial charge is 0.312 e. The molecule has 0 saturated heterocycles. The van der Waals surface area contributed by atoms with Gasteiger partial charge in [-0.1, -0.05) is 24.6 Å². The number of halogens is 2. The van der Waals surface area contributed by atoms with E-state index in [4.69, 9.17) is 11.6 Å². The molecule has 0 unspecified atom stereocenters. The quantitative estimate of drug-likeness (QED) is 0.803. The molecule has 5 heteroatoms. The van der Waals surface area contributed by atoms with Crippen LogP contribution >= 0.6 is 22.9 Å². The molecule has 0 saturated carbocycles. The van der Waals surface area contributed by atoms with Gasteiger partial charge in [-0.05, 0) is 32.0 Å². The number of rotatable bonds is 6. The Morgan fingerprint density at radius 1 is 1.40 bits per heavy atom. The van der Waals surface area contributed by atoms with Crippen LogP contribution in [0.25, 0.3) is 0 Å². The van der Waals surface area contributed by atoms with Crippen LogP contribution in [0.2, 0.25) is 5.02 Å². The van der Waals surface area contributed by atoms with E-state index >= 15 is 0 Å². The Balaban J connectivity index is 2.12. The van der Waals surface area contributed by atoms with Gasteiger partial charge in [-0.3, -0.25) is 0 Å². The van der Waals surface area contributed by atoms with Crippen molar-refractivity contribution in [1.29, 1.82) is 0 Å². The van der Waals surface area contributed by atoms with Crippen molar-refractivity contribution in [2.24, 2.45) is 0 Å². The predicted molar refractivity (Wildman–Crippen MR) is 83.1 cm³/mol. The summed E-state index contributed by atoms with van der Waals surface area (Å²) in [4.78, 5) is 5.73. The molecule has 0 radical (unpaired) electrons. The molecule has 0 atom stereocenters. The standard InChI is InChI=1S/C15H18ClFN2S/c1-3-7-18-9-14-10(2)19-15(20-14)8-11-12(16)5-4-6-13(11)17/h4-6,18H,3,7-9H2,1-2H3. The van der Waals surface area contributed by atoms with Crippen LogP contribution in [0, 0.1) is 12.7 Å². The van der Waals surface area contributed by atoms with Gasteiger partial charge in [0.1, 0.15) is 5.82 Å². The lowest BCUT2D eigenvalue weighted by molar-refractivity contribution is 0.614. The lowest BCUT2D eigenvalue weighted by Crippen LogP contribution is -2.13. The minimum Gasteiger partial charge on any atom is -0.312 e. The van der Waals surface area contributed by atoms with Crippen LogP contribution < -0.4 is 5.32 Å². The number of hydrogen-bond acceptors (Lipinski definition) is 3. The third-order valence-electron chi connectivity index (χ3n) is 3.04. The van der Waals surface area contributed by atoms with Crippen molar-refractivity contribution in [3.8, 4) is 0 Å². The van der Waals surface area contributed by atoms with E-state index in [9.17, 15) is 4.39 Å². The SMILES string of the molecule is CCCNCc1sc(Cc2c(F)cccc2Cl)nc1C. The first kappa shape index (κ1) is 15.4. The molecule has 0 aliphatic rings. The van der Waals surface area contributed by atoms with Crippen LogP contribution in [0.4, 0.5) is 4.39 Å². The maximum Gasteiger partial charge on any atom is 0.128 e. The van der Waals surface area contributed by atoms with Crippen molar-refractivity contribution >= 4 is 22.9 Å². The fraction of sp³-hybridized carbons (Fsp3) is 0.400. The van der Waals surface area contributed by atoms with Gasteiger partial charge in [-0.15, -0.1) is 11.3 Å². The highest BCUT2D eigenvalue weighted by Gasteiger charge is 2.12. The average molecular weight is 313 g/mol. The smallest absolute Gasteiger partial charge is 0.128 e. The van der Waals surface area contributed by atoms with E-state index in [0.29, 0.717) is 17.0 Å². The summed E-state index contributed by atoms with van der Waals surface area (Å²) >= 11 is 7.68. The molecule has 0 amide bonds. The Labute approximate surface area is 128 Å². The second-order valence-electron chi connectivity index (χ2n) is 4.67. The van der Waals surface area contributed by atoms with Crippen molar-refractivity contribution < 1.29 is 4.39 Å². The van der Waals surface area contributed by atoms with Gasteiger partial charge in [0, 0.05) is 28.4 Å². The zero-order chi connectivity index (χ0) is 14.5. The van der Waals surface area contributed by atoms with Crippen LogP contribution in [0.5, 0.6) is 0 Å². The van der Waals surface area contributed by atoms with Crippen molar-refractivity contribution in [3.63, 3.8) is 0 Å². The van der Waals surface area contributed by atoms with E-state index < -0.39 is 0 Å². The summed E-state index contributed by atoms with van der Waals surface area (Å²) in [6.45, 7) is 5.94. The molecule has 2 rings (SSSR count). The topological polar surface area (TPSA) is 24.9 Å². The second-order valence-corrected chi connectivity index (χ2v) is 6.25. The molecule has 2 nitrogen and oxygen atoms in total. The average Bonchev–Trinajstić information content (AvgIpc) is 2.75. The van der Waals surface area contributed by atoms with Gasteiger partial charge in [-0.25, -0.2) is 9.37 Å². The maximum atomic E-state index is 13.8. The molecule has 0 aliphatic carbocycles. The molecule has 1 N–H and O–H groups in total. The maximum absolute atomic E-state index is 13.8. The molecule has 108 valence electrons. The Morgan fingerprint density at radius 3 is 2.90 bits per heavy atom. The molecule has 20 heavy (non-hydrogen) atoms. The molecule has 1 aromatic carbocycles. The van der Waals surface area contributed by atoms with Crippen molar-refractivity contribution in [3.05, 3.63) is 50.2 Å². The fourth-order valence-corrected chi connectivity index (χ4v) is 3.24. The third kappa shape index (κ3) is 3.78. The van der Waals surface area contributed by atoms with Crippen LogP contribution in [0.3, 0.4) is 0 Å². The van der Waals surface area contributed by atoms with Gasteiger partial charge in [0.05, 0.1) is 10.7 Å². The highest BCUT2D eigenvalue weighted by atomic mass is 35.5. The Kier molecular flexibility index (Phi) is 5.52. The first-order chi connectivity index (χ1) is 9.61. The first-order valence-electron chi connectivity index (χ1n) is 6.70. The molecular weight excluding hydrogens is 295 g/mol. The Hall–Kier alpha value is -0.970. The number of aromatic nitrogens is 1. The summed E-state index contributed by atoms with van der Waals surface area (Å²) in [5.74, 6) is -0.268. The lowest BCUT2D eigenvalue weighted by Gasteiger charge is -2.03. The van der Waals surface area contributed by atoms with Gasteiger partial charge in [-0.2, -0.15) is 0 Å². The van der Waals surface area contributed by atoms with Gasteiger partial charge in [0.15, 0.2) is 0 Å². The first-order valence-corrected chi connectivity index (χ1v) is 7.90. The molecular formula is C15H18ClFN2S. The van der Waals surface area contributed by atoms with Crippen LogP contribution in [-0.2, 0) is 13.0 Å². The normalized spacial score (nSPS) is 11.0. The third-order valence-corrected chi connectivity index (χ3v) is 4.55. The molecule has 1 heterocycles. The Bertz CT molecular complexity index is 563. The van der Waals surface area contributed by atoms with E-state index in [1.807, 2.05) is 6.92 Å². The van der Waals surface area contributed by atoms with Crippen molar-refractivity contribution in [1.82, 2.24) is 10.3 Å². The minimum atomic E-state index is -0.268. The van der Waals surface area contributed by atoms with Crippen molar-refractivity contribution in [2.45, 2.75) is 33.2 Å². The van der Waals surface area contributed by atoms with Gasteiger partial charge in [0.2, 0.25) is 0 Å². The number of hydrogen-bond donors (Lipinski definition) is 1. The summed E-state index contributed by atoms with van der Waals surface area (Å²) in [6, 6.07) is 4.77. The molecule has 0 fully saturated rings. The van der Waals surface area contributed by atoms with E-state index in [0.717, 1.165) is 30.2 Å².